The normalized spacial score (nSPS) is 13.6. The molecule has 8 heteroatoms. The molecule has 0 spiro atoms. The predicted molar refractivity (Wildman–Crippen MR) is 61.4 cm³/mol. The third-order valence-electron chi connectivity index (χ3n) is 2.21. The molecule has 0 radical (unpaired) electrons. The first-order chi connectivity index (χ1) is 8.29. The first-order valence-corrected chi connectivity index (χ1v) is 6.83. The maximum absolute atomic E-state index is 13.5. The molecule has 100 valence electrons. The number of carboxylic acid groups (broad SMARTS) is 1. The highest BCUT2D eigenvalue weighted by molar-refractivity contribution is 7.51. The minimum Gasteiger partial charge on any atom is -0.480 e. The topological polar surface area (TPSA) is 98.1 Å². The SMILES string of the molecule is O=C(O)[C@H](Cc1ccccc1)N(F)CP(=O)(O)O. The fraction of sp³-hybridized carbons (Fsp3) is 0.300. The van der Waals surface area contributed by atoms with Crippen LogP contribution in [-0.4, -0.2) is 38.3 Å². The highest BCUT2D eigenvalue weighted by Crippen LogP contribution is 2.36. The quantitative estimate of drug-likeness (QED) is 0.530. The van der Waals surface area contributed by atoms with E-state index in [0.29, 0.717) is 5.56 Å². The molecule has 0 heterocycles. The van der Waals surface area contributed by atoms with Gasteiger partial charge in [0.15, 0.2) is 0 Å². The van der Waals surface area contributed by atoms with Crippen LogP contribution in [0.5, 0.6) is 0 Å². The zero-order chi connectivity index (χ0) is 13.8. The Labute approximate surface area is 103 Å². The van der Waals surface area contributed by atoms with Gasteiger partial charge in [-0.3, -0.25) is 9.36 Å². The minimum atomic E-state index is -4.63. The predicted octanol–water partition coefficient (Wildman–Crippen LogP) is 1.00. The van der Waals surface area contributed by atoms with Gasteiger partial charge in [-0.1, -0.05) is 30.3 Å². The molecule has 0 bridgehead atoms. The average molecular weight is 277 g/mol. The van der Waals surface area contributed by atoms with E-state index >= 15 is 0 Å². The second-order valence-electron chi connectivity index (χ2n) is 3.75. The first kappa shape index (κ1) is 14.8. The standard InChI is InChI=1S/C10H13FNO5P/c11-12(7-18(15,16)17)9(10(13)14)6-8-4-2-1-3-5-8/h1-5,9H,6-7H2,(H,13,14)(H2,15,16,17)/t9-/m0/s1. The van der Waals surface area contributed by atoms with Crippen LogP contribution < -0.4 is 0 Å². The highest BCUT2D eigenvalue weighted by Gasteiger charge is 2.31. The zero-order valence-electron chi connectivity index (χ0n) is 9.31. The van der Waals surface area contributed by atoms with Crippen LogP contribution in [0.2, 0.25) is 0 Å². The molecule has 3 N–H and O–H groups in total. The van der Waals surface area contributed by atoms with Gasteiger partial charge in [0.2, 0.25) is 0 Å². The second kappa shape index (κ2) is 6.06. The van der Waals surface area contributed by atoms with Gasteiger partial charge in [-0.15, -0.1) is 9.60 Å². The van der Waals surface area contributed by atoms with E-state index in [2.05, 4.69) is 0 Å². The lowest BCUT2D eigenvalue weighted by Crippen LogP contribution is -2.38. The number of halogens is 1. The number of nitrogens with zero attached hydrogens (tertiary/aromatic N) is 1. The van der Waals surface area contributed by atoms with E-state index in [9.17, 15) is 13.8 Å². The zero-order valence-corrected chi connectivity index (χ0v) is 10.2. The van der Waals surface area contributed by atoms with Crippen molar-refractivity contribution in [3.05, 3.63) is 35.9 Å². The smallest absolute Gasteiger partial charge is 0.342 e. The molecule has 0 aliphatic heterocycles. The maximum atomic E-state index is 13.5. The van der Waals surface area contributed by atoms with Gasteiger partial charge in [0.05, 0.1) is 0 Å². The first-order valence-electron chi connectivity index (χ1n) is 5.03. The van der Waals surface area contributed by atoms with Gasteiger partial charge in [0, 0.05) is 6.42 Å². The fourth-order valence-electron chi connectivity index (χ4n) is 1.42. The Hall–Kier alpha value is -1.27. The van der Waals surface area contributed by atoms with Crippen molar-refractivity contribution in [3.8, 4) is 0 Å². The molecule has 1 atom stereocenters. The Bertz CT molecular complexity index is 449. The molecule has 0 saturated heterocycles. The average Bonchev–Trinajstić information content (AvgIpc) is 2.24. The number of carbonyl (C=O) groups is 1. The number of benzene rings is 1. The molecule has 0 aromatic heterocycles. The number of carboxylic acids is 1. The number of hydrogen-bond donors (Lipinski definition) is 3. The van der Waals surface area contributed by atoms with Crippen molar-refractivity contribution in [1.82, 2.24) is 5.12 Å². The van der Waals surface area contributed by atoms with Crippen LogP contribution in [0, 0.1) is 0 Å². The monoisotopic (exact) mass is 277 g/mol. The molecule has 1 aromatic carbocycles. The van der Waals surface area contributed by atoms with Gasteiger partial charge in [0.1, 0.15) is 12.3 Å². The summed E-state index contributed by atoms with van der Waals surface area (Å²) in [7, 11) is -4.63. The van der Waals surface area contributed by atoms with Crippen LogP contribution >= 0.6 is 7.60 Å². The lowest BCUT2D eigenvalue weighted by atomic mass is 10.1. The van der Waals surface area contributed by atoms with E-state index in [1.165, 1.54) is 0 Å². The molecule has 0 aliphatic carbocycles. The van der Waals surface area contributed by atoms with Gasteiger partial charge in [-0.2, -0.15) is 0 Å². The summed E-state index contributed by atoms with van der Waals surface area (Å²) in [5.74, 6) is -1.48. The molecule has 0 aliphatic rings. The molecule has 18 heavy (non-hydrogen) atoms. The molecule has 0 amide bonds. The molecule has 0 saturated carbocycles. The van der Waals surface area contributed by atoms with E-state index in [-0.39, 0.29) is 11.5 Å². The molecule has 0 unspecified atom stereocenters. The summed E-state index contributed by atoms with van der Waals surface area (Å²) in [4.78, 5) is 28.1. The van der Waals surface area contributed by atoms with Crippen LogP contribution in [-0.2, 0) is 15.8 Å². The lowest BCUT2D eigenvalue weighted by molar-refractivity contribution is -0.150. The summed E-state index contributed by atoms with van der Waals surface area (Å²) in [6.45, 7) is 0. The summed E-state index contributed by atoms with van der Waals surface area (Å²) in [5.41, 5.74) is 0.568. The summed E-state index contributed by atoms with van der Waals surface area (Å²) < 4.78 is 24.1. The summed E-state index contributed by atoms with van der Waals surface area (Å²) in [5, 5.41) is 8.53. The number of aliphatic carboxylic acids is 1. The molecule has 1 aromatic rings. The fourth-order valence-corrected chi connectivity index (χ4v) is 1.97. The molecule has 6 nitrogen and oxygen atoms in total. The maximum Gasteiger partial charge on any atom is 0.342 e. The number of rotatable bonds is 6. The summed E-state index contributed by atoms with van der Waals surface area (Å²) in [6, 6.07) is 6.66. The highest BCUT2D eigenvalue weighted by atomic mass is 31.2. The van der Waals surface area contributed by atoms with E-state index < -0.39 is 25.9 Å². The van der Waals surface area contributed by atoms with Gasteiger partial charge < -0.3 is 14.9 Å². The van der Waals surface area contributed by atoms with Crippen molar-refractivity contribution >= 4 is 13.6 Å². The summed E-state index contributed by atoms with van der Waals surface area (Å²) in [6.07, 6.45) is -1.41. The Kier molecular flexibility index (Phi) is 4.98. The van der Waals surface area contributed by atoms with Gasteiger partial charge in [-0.25, -0.2) is 0 Å². The Morgan fingerprint density at radius 3 is 2.33 bits per heavy atom. The van der Waals surface area contributed by atoms with E-state index in [0.717, 1.165) is 0 Å². The van der Waals surface area contributed by atoms with Crippen molar-refractivity contribution in [1.29, 1.82) is 0 Å². The van der Waals surface area contributed by atoms with Crippen LogP contribution in [0.15, 0.2) is 30.3 Å². The van der Waals surface area contributed by atoms with E-state index in [1.807, 2.05) is 0 Å². The Balaban J connectivity index is 2.78. The Morgan fingerprint density at radius 1 is 1.33 bits per heavy atom. The molecular weight excluding hydrogens is 264 g/mol. The third kappa shape index (κ3) is 4.93. The molecular formula is C10H13FNO5P. The van der Waals surface area contributed by atoms with Crippen molar-refractivity contribution in [2.45, 2.75) is 12.5 Å². The van der Waals surface area contributed by atoms with Crippen molar-refractivity contribution in [3.63, 3.8) is 0 Å². The van der Waals surface area contributed by atoms with Crippen molar-refractivity contribution < 1.29 is 28.7 Å². The third-order valence-corrected chi connectivity index (χ3v) is 2.85. The largest absolute Gasteiger partial charge is 0.480 e. The molecule has 0 fully saturated rings. The lowest BCUT2D eigenvalue weighted by Gasteiger charge is -2.20. The molecule has 1 rings (SSSR count). The van der Waals surface area contributed by atoms with Crippen molar-refractivity contribution in [2.75, 3.05) is 6.29 Å². The van der Waals surface area contributed by atoms with Crippen LogP contribution in [0.1, 0.15) is 5.56 Å². The second-order valence-corrected chi connectivity index (χ2v) is 5.36. The van der Waals surface area contributed by atoms with Gasteiger partial charge in [0.25, 0.3) is 0 Å². The summed E-state index contributed by atoms with van der Waals surface area (Å²) >= 11 is 0. The van der Waals surface area contributed by atoms with E-state index in [4.69, 9.17) is 14.9 Å². The van der Waals surface area contributed by atoms with Gasteiger partial charge >= 0.3 is 13.6 Å². The Morgan fingerprint density at radius 2 is 1.89 bits per heavy atom. The van der Waals surface area contributed by atoms with Crippen molar-refractivity contribution in [2.24, 2.45) is 0 Å². The van der Waals surface area contributed by atoms with Crippen LogP contribution in [0.3, 0.4) is 0 Å². The number of hydrogen-bond acceptors (Lipinski definition) is 3. The van der Waals surface area contributed by atoms with Gasteiger partial charge in [-0.05, 0) is 5.56 Å². The van der Waals surface area contributed by atoms with E-state index in [1.54, 1.807) is 30.3 Å². The minimum absolute atomic E-state index is 0.174. The van der Waals surface area contributed by atoms with Crippen LogP contribution in [0.25, 0.3) is 0 Å². The van der Waals surface area contributed by atoms with Crippen LogP contribution in [0.4, 0.5) is 4.48 Å².